The molecule has 0 saturated carbocycles. The predicted octanol–water partition coefficient (Wildman–Crippen LogP) is 3.56. The Labute approximate surface area is 154 Å². The van der Waals surface area contributed by atoms with Gasteiger partial charge in [-0.3, -0.25) is 9.59 Å². The van der Waals surface area contributed by atoms with E-state index in [-0.39, 0.29) is 24.5 Å². The van der Waals surface area contributed by atoms with Gasteiger partial charge >= 0.3 is 0 Å². The predicted molar refractivity (Wildman–Crippen MR) is 101 cm³/mol. The van der Waals surface area contributed by atoms with Gasteiger partial charge in [-0.05, 0) is 42.5 Å². The number of benzene rings is 2. The Hall–Kier alpha value is -2.82. The van der Waals surface area contributed by atoms with Crippen molar-refractivity contribution in [3.05, 3.63) is 59.7 Å². The van der Waals surface area contributed by atoms with Crippen LogP contribution < -0.4 is 10.1 Å². The summed E-state index contributed by atoms with van der Waals surface area (Å²) in [5, 5.41) is 2.71. The molecule has 2 aromatic carbocycles. The molecule has 0 bridgehead atoms. The highest BCUT2D eigenvalue weighted by Gasteiger charge is 2.26. The number of hydrogen-bond acceptors (Lipinski definition) is 3. The molecular formula is C21H24N2O3. The third-order valence-corrected chi connectivity index (χ3v) is 4.75. The molecule has 5 heteroatoms. The van der Waals surface area contributed by atoms with Gasteiger partial charge in [0.15, 0.2) is 6.61 Å². The fourth-order valence-corrected chi connectivity index (χ4v) is 3.43. The minimum atomic E-state index is -0.177. The van der Waals surface area contributed by atoms with Crippen molar-refractivity contribution < 1.29 is 14.3 Å². The third-order valence-electron chi connectivity index (χ3n) is 4.75. The van der Waals surface area contributed by atoms with Crippen molar-refractivity contribution in [1.29, 1.82) is 0 Å². The molecule has 0 saturated heterocycles. The standard InChI is InChI=1S/C21H24N2O3/c1-15(24)22-18-11-5-6-13-20(18)26-14-21(25)23(2)19-12-7-9-16-8-3-4-10-17(16)19/h3-6,8,10-11,13,19H,7,9,12,14H2,1-2H3,(H,22,24)/t19-/m0/s1. The summed E-state index contributed by atoms with van der Waals surface area (Å²) >= 11 is 0. The summed E-state index contributed by atoms with van der Waals surface area (Å²) in [4.78, 5) is 25.7. The topological polar surface area (TPSA) is 58.6 Å². The van der Waals surface area contributed by atoms with Crippen molar-refractivity contribution in [2.45, 2.75) is 32.2 Å². The van der Waals surface area contributed by atoms with Crippen LogP contribution in [0.25, 0.3) is 0 Å². The molecule has 0 aromatic heterocycles. The van der Waals surface area contributed by atoms with Crippen molar-refractivity contribution in [2.24, 2.45) is 0 Å². The van der Waals surface area contributed by atoms with Crippen molar-refractivity contribution in [3.8, 4) is 5.75 Å². The first-order valence-electron chi connectivity index (χ1n) is 8.89. The first kappa shape index (κ1) is 18.0. The van der Waals surface area contributed by atoms with Crippen LogP contribution in [-0.4, -0.2) is 30.4 Å². The molecule has 26 heavy (non-hydrogen) atoms. The Balaban J connectivity index is 1.67. The van der Waals surface area contributed by atoms with Crippen molar-refractivity contribution >= 4 is 17.5 Å². The van der Waals surface area contributed by atoms with E-state index in [4.69, 9.17) is 4.74 Å². The Morgan fingerprint density at radius 2 is 1.88 bits per heavy atom. The molecule has 0 heterocycles. The summed E-state index contributed by atoms with van der Waals surface area (Å²) in [6, 6.07) is 15.5. The maximum Gasteiger partial charge on any atom is 0.260 e. The van der Waals surface area contributed by atoms with Gasteiger partial charge in [-0.2, -0.15) is 0 Å². The van der Waals surface area contributed by atoms with Crippen LogP contribution in [0.1, 0.15) is 36.9 Å². The van der Waals surface area contributed by atoms with Gasteiger partial charge in [-0.15, -0.1) is 0 Å². The smallest absolute Gasteiger partial charge is 0.260 e. The van der Waals surface area contributed by atoms with Gasteiger partial charge in [-0.25, -0.2) is 0 Å². The lowest BCUT2D eigenvalue weighted by Gasteiger charge is -2.33. The quantitative estimate of drug-likeness (QED) is 0.895. The molecule has 0 aliphatic heterocycles. The highest BCUT2D eigenvalue weighted by molar-refractivity contribution is 5.90. The van der Waals surface area contributed by atoms with E-state index in [9.17, 15) is 9.59 Å². The molecule has 2 amide bonds. The first-order chi connectivity index (χ1) is 12.6. The van der Waals surface area contributed by atoms with Crippen LogP contribution in [0.4, 0.5) is 5.69 Å². The maximum atomic E-state index is 12.7. The van der Waals surface area contributed by atoms with E-state index in [0.717, 1.165) is 19.3 Å². The number of likely N-dealkylation sites (N-methyl/N-ethyl adjacent to an activating group) is 1. The van der Waals surface area contributed by atoms with Crippen LogP contribution in [0.15, 0.2) is 48.5 Å². The Morgan fingerprint density at radius 1 is 1.15 bits per heavy atom. The van der Waals surface area contributed by atoms with Gasteiger partial charge in [-0.1, -0.05) is 36.4 Å². The fourth-order valence-electron chi connectivity index (χ4n) is 3.43. The zero-order chi connectivity index (χ0) is 18.5. The molecule has 136 valence electrons. The molecule has 0 radical (unpaired) electrons. The number of amides is 2. The van der Waals surface area contributed by atoms with Gasteiger partial charge in [0, 0.05) is 14.0 Å². The van der Waals surface area contributed by atoms with Crippen molar-refractivity contribution in [3.63, 3.8) is 0 Å². The maximum absolute atomic E-state index is 12.7. The van der Waals surface area contributed by atoms with E-state index >= 15 is 0 Å². The van der Waals surface area contributed by atoms with Crippen molar-refractivity contribution in [1.82, 2.24) is 4.90 Å². The van der Waals surface area contributed by atoms with Crippen LogP contribution >= 0.6 is 0 Å². The number of nitrogens with zero attached hydrogens (tertiary/aromatic N) is 1. The van der Waals surface area contributed by atoms with Gasteiger partial charge in [0.2, 0.25) is 5.91 Å². The number of nitrogens with one attached hydrogen (secondary N) is 1. The number of para-hydroxylation sites is 2. The van der Waals surface area contributed by atoms with Gasteiger partial charge < -0.3 is 15.0 Å². The highest BCUT2D eigenvalue weighted by Crippen LogP contribution is 2.33. The Bertz CT molecular complexity index is 803. The number of aryl methyl sites for hydroxylation is 1. The van der Waals surface area contributed by atoms with Gasteiger partial charge in [0.1, 0.15) is 5.75 Å². The fraction of sp³-hybridized carbons (Fsp3) is 0.333. The molecule has 0 spiro atoms. The Kier molecular flexibility index (Phi) is 5.56. The number of hydrogen-bond donors (Lipinski definition) is 1. The van der Waals surface area contributed by atoms with Crippen molar-refractivity contribution in [2.75, 3.05) is 19.0 Å². The molecule has 1 atom stereocenters. The van der Waals surface area contributed by atoms with Gasteiger partial charge in [0.25, 0.3) is 5.91 Å². The van der Waals surface area contributed by atoms with E-state index in [2.05, 4.69) is 17.4 Å². The Morgan fingerprint density at radius 3 is 2.69 bits per heavy atom. The van der Waals surface area contributed by atoms with E-state index in [0.29, 0.717) is 11.4 Å². The number of anilines is 1. The number of ether oxygens (including phenoxy) is 1. The summed E-state index contributed by atoms with van der Waals surface area (Å²) in [6.45, 7) is 1.38. The SMILES string of the molecule is CC(=O)Nc1ccccc1OCC(=O)N(C)[C@H]1CCCc2ccccc21. The van der Waals surface area contributed by atoms with Crippen LogP contribution in [0, 0.1) is 0 Å². The number of carbonyl (C=O) groups is 2. The van der Waals surface area contributed by atoms with E-state index in [1.165, 1.54) is 18.1 Å². The average Bonchev–Trinajstić information content (AvgIpc) is 2.65. The molecule has 1 aliphatic carbocycles. The largest absolute Gasteiger partial charge is 0.482 e. The van der Waals surface area contributed by atoms with Crippen LogP contribution in [0.2, 0.25) is 0 Å². The molecular weight excluding hydrogens is 328 g/mol. The minimum absolute atomic E-state index is 0.0637. The summed E-state index contributed by atoms with van der Waals surface area (Å²) < 4.78 is 5.69. The number of rotatable bonds is 5. The average molecular weight is 352 g/mol. The lowest BCUT2D eigenvalue weighted by Crippen LogP contribution is -2.36. The zero-order valence-corrected chi connectivity index (χ0v) is 15.2. The molecule has 5 nitrogen and oxygen atoms in total. The highest BCUT2D eigenvalue weighted by atomic mass is 16.5. The third kappa shape index (κ3) is 4.04. The second-order valence-corrected chi connectivity index (χ2v) is 6.58. The van der Waals surface area contributed by atoms with E-state index < -0.39 is 0 Å². The normalized spacial score (nSPS) is 15.7. The second-order valence-electron chi connectivity index (χ2n) is 6.58. The van der Waals surface area contributed by atoms with E-state index in [1.54, 1.807) is 17.0 Å². The molecule has 3 rings (SSSR count). The molecule has 1 aliphatic rings. The molecule has 0 fully saturated rings. The van der Waals surface area contributed by atoms with Crippen LogP contribution in [0.3, 0.4) is 0 Å². The van der Waals surface area contributed by atoms with E-state index in [1.807, 2.05) is 31.3 Å². The summed E-state index contributed by atoms with van der Waals surface area (Å²) in [5.41, 5.74) is 3.12. The lowest BCUT2D eigenvalue weighted by atomic mass is 9.87. The molecule has 1 N–H and O–H groups in total. The zero-order valence-electron chi connectivity index (χ0n) is 15.2. The molecule has 2 aromatic rings. The second kappa shape index (κ2) is 8.04. The molecule has 0 unspecified atom stereocenters. The minimum Gasteiger partial charge on any atom is -0.482 e. The number of fused-ring (bicyclic) bond motifs is 1. The summed E-state index contributed by atoms with van der Waals surface area (Å²) in [6.07, 6.45) is 3.10. The summed E-state index contributed by atoms with van der Waals surface area (Å²) in [7, 11) is 1.83. The van der Waals surface area contributed by atoms with Gasteiger partial charge in [0.05, 0.1) is 11.7 Å². The monoisotopic (exact) mass is 352 g/mol. The number of carbonyl (C=O) groups excluding carboxylic acids is 2. The lowest BCUT2D eigenvalue weighted by molar-refractivity contribution is -0.134. The first-order valence-corrected chi connectivity index (χ1v) is 8.89. The van der Waals surface area contributed by atoms with Crippen LogP contribution in [0.5, 0.6) is 5.75 Å². The summed E-state index contributed by atoms with van der Waals surface area (Å²) in [5.74, 6) is 0.237. The van der Waals surface area contributed by atoms with Crippen LogP contribution in [-0.2, 0) is 16.0 Å².